The minimum Gasteiger partial charge on any atom is -0.506 e. The van der Waals surface area contributed by atoms with Gasteiger partial charge in [-0.1, -0.05) is 0 Å². The zero-order chi connectivity index (χ0) is 19.7. The van der Waals surface area contributed by atoms with Gasteiger partial charge in [0.05, 0.1) is 16.1 Å². The van der Waals surface area contributed by atoms with Crippen LogP contribution in [-0.4, -0.2) is 40.2 Å². The van der Waals surface area contributed by atoms with Gasteiger partial charge in [0.25, 0.3) is 0 Å². The number of aliphatic hydroxyl groups is 1. The fourth-order valence-electron chi connectivity index (χ4n) is 1.88. The van der Waals surface area contributed by atoms with E-state index in [2.05, 4.69) is 36.5 Å². The van der Waals surface area contributed by atoms with Crippen molar-refractivity contribution in [2.45, 2.75) is 37.3 Å². The van der Waals surface area contributed by atoms with Crippen molar-refractivity contribution in [2.24, 2.45) is 5.14 Å². The molecule has 0 spiro atoms. The number of aromatic nitrogens is 2. The number of rotatable bonds is 6. The summed E-state index contributed by atoms with van der Waals surface area (Å²) in [5.74, 6) is 0.188. The summed E-state index contributed by atoms with van der Waals surface area (Å²) in [6.45, 7) is 5.16. The van der Waals surface area contributed by atoms with Gasteiger partial charge in [-0.25, -0.2) is 18.5 Å². The van der Waals surface area contributed by atoms with Gasteiger partial charge in [0.2, 0.25) is 16.0 Å². The van der Waals surface area contributed by atoms with E-state index in [1.807, 2.05) is 6.92 Å². The number of hydrogen-bond acceptors (Lipinski definition) is 8. The molecule has 0 saturated heterocycles. The molecule has 0 aliphatic rings. The molecule has 11 heteroatoms. The molecule has 0 saturated carbocycles. The Morgan fingerprint density at radius 3 is 2.54 bits per heavy atom. The summed E-state index contributed by atoms with van der Waals surface area (Å²) < 4.78 is 23.3. The second-order valence-electron chi connectivity index (χ2n) is 6.26. The van der Waals surface area contributed by atoms with Crippen LogP contribution in [0.25, 0.3) is 0 Å². The van der Waals surface area contributed by atoms with E-state index in [0.29, 0.717) is 16.0 Å². The predicted octanol–water partition coefficient (Wildman–Crippen LogP) is 1.91. The van der Waals surface area contributed by atoms with Crippen LogP contribution in [0.4, 0.5) is 17.5 Å². The zero-order valence-corrected chi connectivity index (χ0v) is 16.8. The van der Waals surface area contributed by atoms with Crippen LogP contribution in [-0.2, 0) is 10.0 Å². The van der Waals surface area contributed by atoms with Crippen molar-refractivity contribution in [1.29, 1.82) is 0 Å². The summed E-state index contributed by atoms with van der Waals surface area (Å²) in [6.07, 6.45) is 1.52. The van der Waals surface area contributed by atoms with Crippen molar-refractivity contribution < 1.29 is 18.6 Å². The molecule has 1 heterocycles. The third kappa shape index (κ3) is 5.04. The summed E-state index contributed by atoms with van der Waals surface area (Å²) in [7, 11) is -4.01. The van der Waals surface area contributed by atoms with E-state index in [0.717, 1.165) is 0 Å². The van der Waals surface area contributed by atoms with Crippen LogP contribution in [0.15, 0.2) is 33.8 Å². The maximum Gasteiger partial charge on any atom is 0.241 e. The number of anilines is 3. The molecule has 0 fully saturated rings. The molecule has 142 valence electrons. The van der Waals surface area contributed by atoms with Gasteiger partial charge in [0.15, 0.2) is 0 Å². The zero-order valence-electron chi connectivity index (χ0n) is 14.4. The monoisotopic (exact) mass is 445 g/mol. The van der Waals surface area contributed by atoms with Crippen LogP contribution >= 0.6 is 15.9 Å². The van der Waals surface area contributed by atoms with Gasteiger partial charge in [0, 0.05) is 18.0 Å². The molecular formula is C15H20BrN5O4S. The predicted molar refractivity (Wildman–Crippen MR) is 102 cm³/mol. The van der Waals surface area contributed by atoms with Crippen molar-refractivity contribution in [3.05, 3.63) is 28.9 Å². The smallest absolute Gasteiger partial charge is 0.241 e. The number of hydrogen-bond donors (Lipinski definition) is 5. The van der Waals surface area contributed by atoms with Crippen molar-refractivity contribution in [3.63, 3.8) is 0 Å². The van der Waals surface area contributed by atoms with Crippen LogP contribution < -0.4 is 15.8 Å². The van der Waals surface area contributed by atoms with Crippen LogP contribution in [0.1, 0.15) is 20.8 Å². The Bertz CT molecular complexity index is 915. The lowest BCUT2D eigenvalue weighted by Crippen LogP contribution is -2.39. The summed E-state index contributed by atoms with van der Waals surface area (Å²) in [5, 5.41) is 30.8. The molecule has 0 amide bonds. The van der Waals surface area contributed by atoms with Gasteiger partial charge < -0.3 is 20.8 Å². The van der Waals surface area contributed by atoms with Crippen molar-refractivity contribution in [3.8, 4) is 5.75 Å². The molecule has 0 unspecified atom stereocenters. The number of sulfonamides is 1. The van der Waals surface area contributed by atoms with Crippen LogP contribution in [0, 0.1) is 0 Å². The first-order chi connectivity index (χ1) is 11.9. The van der Waals surface area contributed by atoms with E-state index < -0.39 is 21.4 Å². The second-order valence-corrected chi connectivity index (χ2v) is 8.65. The number of nitrogens with two attached hydrogens (primary N) is 1. The van der Waals surface area contributed by atoms with E-state index in [9.17, 15) is 18.6 Å². The molecule has 1 aromatic carbocycles. The Morgan fingerprint density at radius 1 is 1.35 bits per heavy atom. The molecule has 0 aliphatic carbocycles. The summed E-state index contributed by atoms with van der Waals surface area (Å²) >= 11 is 3.34. The van der Waals surface area contributed by atoms with Crippen LogP contribution in [0.3, 0.4) is 0 Å². The van der Waals surface area contributed by atoms with Gasteiger partial charge in [-0.05, 0) is 48.8 Å². The number of halogens is 1. The van der Waals surface area contributed by atoms with Gasteiger partial charge in [-0.2, -0.15) is 4.98 Å². The average Bonchev–Trinajstić information content (AvgIpc) is 2.48. The maximum absolute atomic E-state index is 11.3. The average molecular weight is 446 g/mol. The highest BCUT2D eigenvalue weighted by molar-refractivity contribution is 9.10. The number of phenols is 1. The normalized spacial score (nSPS) is 13.3. The van der Waals surface area contributed by atoms with Crippen molar-refractivity contribution in [2.75, 3.05) is 10.6 Å². The van der Waals surface area contributed by atoms with E-state index >= 15 is 0 Å². The lowest BCUT2D eigenvalue weighted by molar-refractivity contribution is 0.0647. The first kappa shape index (κ1) is 20.4. The Morgan fingerprint density at radius 2 is 2.00 bits per heavy atom. The number of nitrogens with one attached hydrogen (secondary N) is 2. The van der Waals surface area contributed by atoms with E-state index in [1.54, 1.807) is 13.8 Å². The quantitative estimate of drug-likeness (QED) is 0.452. The van der Waals surface area contributed by atoms with Crippen molar-refractivity contribution >= 4 is 43.4 Å². The SMILES string of the molecule is C[C@@H](Nc1nc(Nc2ccc(S(N)(=O)=O)c(O)c2)ncc1Br)C(C)(C)O. The molecule has 0 bridgehead atoms. The standard InChI is InChI=1S/C15H20BrN5O4S/c1-8(15(2,3)23)19-13-10(16)7-18-14(21-13)20-9-4-5-12(11(22)6-9)26(17,24)25/h4-8,22-23H,1-3H3,(H2,17,24,25)(H2,18,19,20,21)/t8-/m1/s1. The molecule has 9 nitrogen and oxygen atoms in total. The molecule has 0 radical (unpaired) electrons. The third-order valence-electron chi connectivity index (χ3n) is 3.68. The number of benzene rings is 1. The lowest BCUT2D eigenvalue weighted by Gasteiger charge is -2.27. The third-order valence-corrected chi connectivity index (χ3v) is 5.22. The molecule has 26 heavy (non-hydrogen) atoms. The topological polar surface area (TPSA) is 150 Å². The maximum atomic E-state index is 11.3. The van der Waals surface area contributed by atoms with Crippen LogP contribution in [0.2, 0.25) is 0 Å². The second kappa shape index (κ2) is 7.35. The summed E-state index contributed by atoms with van der Waals surface area (Å²) in [6, 6.07) is 3.52. The van der Waals surface area contributed by atoms with Crippen molar-refractivity contribution in [1.82, 2.24) is 9.97 Å². The molecule has 0 aliphatic heterocycles. The number of phenolic OH excluding ortho intramolecular Hbond substituents is 1. The first-order valence-corrected chi connectivity index (χ1v) is 9.86. The Balaban J connectivity index is 2.26. The fraction of sp³-hybridized carbons (Fsp3) is 0.333. The van der Waals surface area contributed by atoms with E-state index in [4.69, 9.17) is 5.14 Å². The summed E-state index contributed by atoms with van der Waals surface area (Å²) in [5.41, 5.74) is -0.591. The molecule has 2 rings (SSSR count). The number of aromatic hydroxyl groups is 1. The van der Waals surface area contributed by atoms with E-state index in [-0.39, 0.29) is 16.9 Å². The molecule has 2 aromatic rings. The highest BCUT2D eigenvalue weighted by atomic mass is 79.9. The van der Waals surface area contributed by atoms with Gasteiger partial charge in [-0.15, -0.1) is 0 Å². The first-order valence-electron chi connectivity index (χ1n) is 7.52. The Labute approximate surface area is 159 Å². The minimum atomic E-state index is -4.01. The minimum absolute atomic E-state index is 0.210. The highest BCUT2D eigenvalue weighted by Gasteiger charge is 2.23. The number of nitrogens with zero attached hydrogens (tertiary/aromatic N) is 2. The Kier molecular flexibility index (Phi) is 5.76. The molecule has 1 atom stereocenters. The summed E-state index contributed by atoms with van der Waals surface area (Å²) in [4.78, 5) is 8.04. The fourth-order valence-corrected chi connectivity index (χ4v) is 2.79. The lowest BCUT2D eigenvalue weighted by atomic mass is 10.0. The molecule has 1 aromatic heterocycles. The van der Waals surface area contributed by atoms with Gasteiger partial charge in [0.1, 0.15) is 16.5 Å². The van der Waals surface area contributed by atoms with Crippen LogP contribution in [0.5, 0.6) is 5.75 Å². The molecule has 6 N–H and O–H groups in total. The van der Waals surface area contributed by atoms with Gasteiger partial charge >= 0.3 is 0 Å². The Hall–Kier alpha value is -1.95. The molecular weight excluding hydrogens is 426 g/mol. The highest BCUT2D eigenvalue weighted by Crippen LogP contribution is 2.28. The largest absolute Gasteiger partial charge is 0.506 e. The van der Waals surface area contributed by atoms with Gasteiger partial charge in [-0.3, -0.25) is 0 Å². The van der Waals surface area contributed by atoms with E-state index in [1.165, 1.54) is 24.4 Å². The number of primary sulfonamides is 1.